The minimum absolute atomic E-state index is 0.0487. The smallest absolute Gasteiger partial charge is 0.261 e. The van der Waals surface area contributed by atoms with Gasteiger partial charge in [-0.05, 0) is 51.4 Å². The molecule has 8 nitrogen and oxygen atoms in total. The summed E-state index contributed by atoms with van der Waals surface area (Å²) in [5, 5.41) is 13.4. The fraction of sp³-hybridized carbons (Fsp3) is 0.318. The summed E-state index contributed by atoms with van der Waals surface area (Å²) in [6.45, 7) is 5.69. The zero-order valence-electron chi connectivity index (χ0n) is 16.9. The summed E-state index contributed by atoms with van der Waals surface area (Å²) in [6.07, 6.45) is 9.13. The topological polar surface area (TPSA) is 101 Å². The highest BCUT2D eigenvalue weighted by atomic mass is 16.1. The monoisotopic (exact) mass is 399 g/mol. The number of aryl methyl sites for hydroxylation is 2. The van der Waals surface area contributed by atoms with Crippen LogP contribution in [0.2, 0.25) is 0 Å². The second-order valence-electron chi connectivity index (χ2n) is 7.83. The number of hydrogen-bond acceptors (Lipinski definition) is 6. The Kier molecular flexibility index (Phi) is 4.33. The van der Waals surface area contributed by atoms with Crippen LogP contribution >= 0.6 is 0 Å². The maximum atomic E-state index is 13.1. The fourth-order valence-electron chi connectivity index (χ4n) is 4.23. The molecule has 1 aliphatic heterocycles. The fourth-order valence-corrected chi connectivity index (χ4v) is 4.23. The SMILES string of the molecule is Cc1cn2cc(-c3ncc4c(=O)n(C5CCNCC5)cc(C)c4n3)cc(C#N)c2n1. The summed E-state index contributed by atoms with van der Waals surface area (Å²) in [5.41, 5.74) is 4.15. The third kappa shape index (κ3) is 2.95. The molecule has 0 spiro atoms. The lowest BCUT2D eigenvalue weighted by Gasteiger charge is -2.25. The van der Waals surface area contributed by atoms with Crippen molar-refractivity contribution in [3.05, 3.63) is 58.0 Å². The quantitative estimate of drug-likeness (QED) is 0.556. The number of piperidine rings is 1. The summed E-state index contributed by atoms with van der Waals surface area (Å²) in [7, 11) is 0. The van der Waals surface area contributed by atoms with Gasteiger partial charge in [0.25, 0.3) is 5.56 Å². The van der Waals surface area contributed by atoms with Gasteiger partial charge in [-0.1, -0.05) is 0 Å². The highest BCUT2D eigenvalue weighted by molar-refractivity contribution is 5.81. The normalized spacial score (nSPS) is 15.0. The molecule has 4 aromatic rings. The molecule has 5 heterocycles. The van der Waals surface area contributed by atoms with Gasteiger partial charge in [0.15, 0.2) is 11.5 Å². The van der Waals surface area contributed by atoms with Crippen LogP contribution in [-0.2, 0) is 0 Å². The highest BCUT2D eigenvalue weighted by Crippen LogP contribution is 2.24. The van der Waals surface area contributed by atoms with Gasteiger partial charge in [0, 0.05) is 36.4 Å². The van der Waals surface area contributed by atoms with Crippen LogP contribution in [0, 0.1) is 25.2 Å². The molecule has 8 heteroatoms. The van der Waals surface area contributed by atoms with Crippen LogP contribution in [0.4, 0.5) is 0 Å². The van der Waals surface area contributed by atoms with E-state index in [4.69, 9.17) is 4.98 Å². The van der Waals surface area contributed by atoms with E-state index in [1.54, 1.807) is 12.3 Å². The number of hydrogen-bond donors (Lipinski definition) is 1. The first-order chi connectivity index (χ1) is 14.5. The van der Waals surface area contributed by atoms with Crippen molar-refractivity contribution in [1.82, 2.24) is 29.2 Å². The molecule has 4 aromatic heterocycles. The van der Waals surface area contributed by atoms with E-state index < -0.39 is 0 Å². The molecule has 0 aromatic carbocycles. The molecule has 0 atom stereocenters. The third-order valence-corrected chi connectivity index (χ3v) is 5.71. The summed E-state index contributed by atoms with van der Waals surface area (Å²) < 4.78 is 3.66. The molecule has 30 heavy (non-hydrogen) atoms. The van der Waals surface area contributed by atoms with Gasteiger partial charge in [-0.15, -0.1) is 0 Å². The van der Waals surface area contributed by atoms with E-state index in [1.165, 1.54) is 0 Å². The van der Waals surface area contributed by atoms with Gasteiger partial charge in [-0.2, -0.15) is 5.26 Å². The van der Waals surface area contributed by atoms with Gasteiger partial charge in [0.1, 0.15) is 6.07 Å². The number of rotatable bonds is 2. The van der Waals surface area contributed by atoms with Crippen molar-refractivity contribution in [3.8, 4) is 17.5 Å². The summed E-state index contributed by atoms with van der Waals surface area (Å²) in [5.74, 6) is 0.481. The number of imidazole rings is 1. The van der Waals surface area contributed by atoms with Gasteiger partial charge in [-0.25, -0.2) is 15.0 Å². The van der Waals surface area contributed by atoms with E-state index in [0.29, 0.717) is 33.5 Å². The molecule has 1 fully saturated rings. The lowest BCUT2D eigenvalue weighted by atomic mass is 10.1. The average Bonchev–Trinajstić information content (AvgIpc) is 3.16. The van der Waals surface area contributed by atoms with Crippen molar-refractivity contribution < 1.29 is 0 Å². The molecule has 0 amide bonds. The van der Waals surface area contributed by atoms with Crippen LogP contribution in [0.5, 0.6) is 0 Å². The lowest BCUT2D eigenvalue weighted by molar-refractivity contribution is 0.361. The van der Waals surface area contributed by atoms with Crippen LogP contribution in [0.1, 0.15) is 35.7 Å². The summed E-state index contributed by atoms with van der Waals surface area (Å²) in [6, 6.07) is 4.14. The minimum Gasteiger partial charge on any atom is -0.317 e. The largest absolute Gasteiger partial charge is 0.317 e. The molecule has 0 saturated carbocycles. The average molecular weight is 399 g/mol. The Morgan fingerprint density at radius 1 is 1.17 bits per heavy atom. The minimum atomic E-state index is -0.0487. The van der Waals surface area contributed by atoms with Crippen LogP contribution in [0.3, 0.4) is 0 Å². The maximum Gasteiger partial charge on any atom is 0.261 e. The van der Waals surface area contributed by atoms with Crippen molar-refractivity contribution in [2.45, 2.75) is 32.7 Å². The number of pyridine rings is 2. The molecular weight excluding hydrogens is 378 g/mol. The number of aromatic nitrogens is 5. The molecule has 0 aliphatic carbocycles. The second-order valence-corrected chi connectivity index (χ2v) is 7.83. The third-order valence-electron chi connectivity index (χ3n) is 5.71. The molecule has 150 valence electrons. The van der Waals surface area contributed by atoms with Crippen LogP contribution in [-0.4, -0.2) is 37.0 Å². The van der Waals surface area contributed by atoms with Gasteiger partial charge < -0.3 is 14.3 Å². The van der Waals surface area contributed by atoms with Gasteiger partial charge in [-0.3, -0.25) is 4.79 Å². The van der Waals surface area contributed by atoms with Gasteiger partial charge in [0.05, 0.1) is 22.2 Å². The molecular formula is C22H21N7O. The van der Waals surface area contributed by atoms with E-state index in [-0.39, 0.29) is 11.6 Å². The van der Waals surface area contributed by atoms with E-state index in [0.717, 1.165) is 37.2 Å². The lowest BCUT2D eigenvalue weighted by Crippen LogP contribution is -2.34. The zero-order valence-corrected chi connectivity index (χ0v) is 16.9. The summed E-state index contributed by atoms with van der Waals surface area (Å²) in [4.78, 5) is 26.7. The number of nitrogens with zero attached hydrogens (tertiary/aromatic N) is 6. The Balaban J connectivity index is 1.65. The van der Waals surface area contributed by atoms with Gasteiger partial charge in [0.2, 0.25) is 0 Å². The highest BCUT2D eigenvalue weighted by Gasteiger charge is 2.19. The van der Waals surface area contributed by atoms with Crippen LogP contribution in [0.25, 0.3) is 27.9 Å². The molecule has 5 rings (SSSR count). The van der Waals surface area contributed by atoms with Crippen molar-refractivity contribution in [2.24, 2.45) is 0 Å². The van der Waals surface area contributed by atoms with Crippen LogP contribution in [0.15, 0.2) is 35.6 Å². The first-order valence-corrected chi connectivity index (χ1v) is 10.0. The predicted octanol–water partition coefficient (Wildman–Crippen LogP) is 2.52. The Morgan fingerprint density at radius 3 is 2.73 bits per heavy atom. The van der Waals surface area contributed by atoms with E-state index in [1.807, 2.05) is 41.4 Å². The first kappa shape index (κ1) is 18.5. The standard InChI is InChI=1S/C22H21N7O/c1-13-10-29(17-3-5-24-6-4-17)22(30)18-9-25-20(27-19(13)18)16-7-15(8-23)21-26-14(2)11-28(21)12-16/h7,9-12,17,24H,3-6H2,1-2H3. The van der Waals surface area contributed by atoms with Crippen molar-refractivity contribution in [3.63, 3.8) is 0 Å². The molecule has 0 bridgehead atoms. The Bertz CT molecular complexity index is 1390. The van der Waals surface area contributed by atoms with Crippen molar-refractivity contribution >= 4 is 16.6 Å². The van der Waals surface area contributed by atoms with E-state index >= 15 is 0 Å². The first-order valence-electron chi connectivity index (χ1n) is 10.0. The molecule has 1 saturated heterocycles. The second kappa shape index (κ2) is 7.04. The van der Waals surface area contributed by atoms with Crippen molar-refractivity contribution in [2.75, 3.05) is 13.1 Å². The molecule has 0 unspecified atom stereocenters. The maximum absolute atomic E-state index is 13.1. The van der Waals surface area contributed by atoms with Crippen molar-refractivity contribution in [1.29, 1.82) is 5.26 Å². The number of fused-ring (bicyclic) bond motifs is 2. The zero-order chi connectivity index (χ0) is 20.8. The Morgan fingerprint density at radius 2 is 1.97 bits per heavy atom. The Labute approximate surface area is 172 Å². The van der Waals surface area contributed by atoms with Gasteiger partial charge >= 0.3 is 0 Å². The van der Waals surface area contributed by atoms with E-state index in [2.05, 4.69) is 21.4 Å². The molecule has 1 N–H and O–H groups in total. The van der Waals surface area contributed by atoms with Crippen LogP contribution < -0.4 is 10.9 Å². The number of nitriles is 1. The molecule has 1 aliphatic rings. The van der Waals surface area contributed by atoms with E-state index in [9.17, 15) is 10.1 Å². The predicted molar refractivity (Wildman–Crippen MR) is 113 cm³/mol. The summed E-state index contributed by atoms with van der Waals surface area (Å²) >= 11 is 0. The Hall–Kier alpha value is -3.57. The number of nitrogens with one attached hydrogen (secondary N) is 1. The molecule has 0 radical (unpaired) electrons.